The highest BCUT2D eigenvalue weighted by atomic mass is 15.0. The van der Waals surface area contributed by atoms with Crippen molar-refractivity contribution >= 4 is 131 Å². The van der Waals surface area contributed by atoms with Crippen LogP contribution in [0.1, 0.15) is 0 Å². The van der Waals surface area contributed by atoms with Gasteiger partial charge in [0.25, 0.3) is 0 Å². The number of hydrogen-bond donors (Lipinski definition) is 0. The van der Waals surface area contributed by atoms with Gasteiger partial charge in [0.15, 0.2) is 0 Å². The Kier molecular flexibility index (Phi) is 10.1. The van der Waals surface area contributed by atoms with E-state index >= 15 is 0 Å². The van der Waals surface area contributed by atoms with Crippen LogP contribution in [0.15, 0.2) is 304 Å². The monoisotopic (exact) mass is 1150 g/mol. The Morgan fingerprint density at radius 3 is 0.600 bits per heavy atom. The minimum absolute atomic E-state index is 0.960. The van der Waals surface area contributed by atoms with Gasteiger partial charge in [-0.2, -0.15) is 0 Å². The minimum Gasteiger partial charge on any atom is -0.309 e. The van der Waals surface area contributed by atoms with E-state index in [-0.39, 0.29) is 0 Å². The molecule has 0 saturated carbocycles. The topological polar surface area (TPSA) is 55.4 Å². The quantitative estimate of drug-likeness (QED) is 0.160. The summed E-state index contributed by atoms with van der Waals surface area (Å²) in [4.78, 5) is 9.97. The van der Waals surface area contributed by atoms with Gasteiger partial charge in [0.2, 0.25) is 0 Å². The van der Waals surface area contributed by atoms with Crippen LogP contribution in [-0.2, 0) is 0 Å². The maximum absolute atomic E-state index is 4.98. The molecule has 0 N–H and O–H groups in total. The van der Waals surface area contributed by atoms with E-state index in [1.807, 2.05) is 24.8 Å². The van der Waals surface area contributed by atoms with E-state index in [9.17, 15) is 0 Å². The summed E-state index contributed by atoms with van der Waals surface area (Å²) in [6.45, 7) is 0. The highest BCUT2D eigenvalue weighted by Crippen LogP contribution is 2.45. The molecule has 0 saturated heterocycles. The second-order valence-corrected chi connectivity index (χ2v) is 23.7. The van der Waals surface area contributed by atoms with Crippen molar-refractivity contribution in [3.05, 3.63) is 304 Å². The summed E-state index contributed by atoms with van der Waals surface area (Å²) in [6, 6.07) is 102. The average molecular weight is 1150 g/mol. The first-order valence-electron chi connectivity index (χ1n) is 30.7. The van der Waals surface area contributed by atoms with E-state index in [1.165, 1.54) is 87.2 Å². The highest BCUT2D eigenvalue weighted by molar-refractivity contribution is 6.17. The molecule has 0 fully saturated rings. The Morgan fingerprint density at radius 2 is 0.378 bits per heavy atom. The van der Waals surface area contributed by atoms with Crippen molar-refractivity contribution in [3.8, 4) is 45.3 Å². The Bertz CT molecular complexity index is 5490. The predicted molar refractivity (Wildman–Crippen MR) is 374 cm³/mol. The fourth-order valence-corrected chi connectivity index (χ4v) is 15.5. The van der Waals surface area contributed by atoms with Crippen LogP contribution in [-0.4, -0.2) is 37.4 Å². The summed E-state index contributed by atoms with van der Waals surface area (Å²) in [5.74, 6) is 0. The number of nitrogens with zero attached hydrogens (tertiary/aromatic N) is 8. The third-order valence-corrected chi connectivity index (χ3v) is 19.2. The molecule has 0 atom stereocenters. The molecule has 90 heavy (non-hydrogen) atoms. The molecule has 20 aromatic rings. The molecule has 12 aromatic carbocycles. The van der Waals surface area contributed by atoms with E-state index in [4.69, 9.17) is 9.97 Å². The summed E-state index contributed by atoms with van der Waals surface area (Å²) < 4.78 is 14.6. The van der Waals surface area contributed by atoms with Crippen molar-refractivity contribution < 1.29 is 0 Å². The number of fused-ring (bicyclic) bond motifs is 18. The Labute approximate surface area is 514 Å². The Balaban J connectivity index is 0.834. The molecule has 0 radical (unpaired) electrons. The Morgan fingerprint density at radius 1 is 0.178 bits per heavy atom. The van der Waals surface area contributed by atoms with Gasteiger partial charge in [0, 0.05) is 111 Å². The first-order chi connectivity index (χ1) is 44.7. The molecule has 418 valence electrons. The van der Waals surface area contributed by atoms with Gasteiger partial charge in [0.05, 0.1) is 90.0 Å². The summed E-state index contributed by atoms with van der Waals surface area (Å²) in [5, 5.41) is 14.4. The SMILES string of the molecule is c1ccc2c(c1)c1ccccc1n2-c1ccc2c(c1)c1cc(-n3c4ccccc4c4ccccc43)ccc1n2-c1cnccc1-c1ccncc1-n1c2ccc(-n3c4ccccc4c4ccccc43)cc2c2cc(-n3c4ccccc4c4ccccc43)ccc21. The first kappa shape index (κ1) is 48.9. The van der Waals surface area contributed by atoms with Crippen molar-refractivity contribution in [1.29, 1.82) is 0 Å². The number of rotatable bonds is 7. The van der Waals surface area contributed by atoms with Gasteiger partial charge in [-0.1, -0.05) is 146 Å². The van der Waals surface area contributed by atoms with Crippen LogP contribution in [0.3, 0.4) is 0 Å². The zero-order valence-electron chi connectivity index (χ0n) is 48.4. The molecule has 8 heteroatoms. The van der Waals surface area contributed by atoms with Gasteiger partial charge in [0.1, 0.15) is 0 Å². The fourth-order valence-electron chi connectivity index (χ4n) is 15.5. The number of hydrogen-bond acceptors (Lipinski definition) is 2. The summed E-state index contributed by atoms with van der Waals surface area (Å²) in [6.07, 6.45) is 7.95. The normalized spacial score (nSPS) is 12.2. The van der Waals surface area contributed by atoms with E-state index < -0.39 is 0 Å². The van der Waals surface area contributed by atoms with Gasteiger partial charge in [-0.15, -0.1) is 0 Å². The van der Waals surface area contributed by atoms with Gasteiger partial charge in [-0.25, -0.2) is 0 Å². The lowest BCUT2D eigenvalue weighted by Crippen LogP contribution is -2.03. The summed E-state index contributed by atoms with van der Waals surface area (Å²) in [5.41, 5.74) is 22.0. The van der Waals surface area contributed by atoms with Gasteiger partial charge in [-0.3, -0.25) is 9.97 Å². The van der Waals surface area contributed by atoms with E-state index in [1.54, 1.807) is 0 Å². The number of benzene rings is 12. The third kappa shape index (κ3) is 6.78. The highest BCUT2D eigenvalue weighted by Gasteiger charge is 2.25. The molecule has 0 bridgehead atoms. The number of aromatic nitrogens is 8. The minimum atomic E-state index is 0.960. The number of para-hydroxylation sites is 8. The molecule has 20 rings (SSSR count). The molecule has 0 aliphatic carbocycles. The van der Waals surface area contributed by atoms with Crippen LogP contribution < -0.4 is 0 Å². The van der Waals surface area contributed by atoms with Crippen LogP contribution >= 0.6 is 0 Å². The third-order valence-electron chi connectivity index (χ3n) is 19.2. The van der Waals surface area contributed by atoms with Crippen molar-refractivity contribution in [3.63, 3.8) is 0 Å². The summed E-state index contributed by atoms with van der Waals surface area (Å²) >= 11 is 0. The molecule has 0 aliphatic heterocycles. The van der Waals surface area contributed by atoms with Crippen molar-refractivity contribution in [2.24, 2.45) is 0 Å². The maximum atomic E-state index is 4.98. The zero-order chi connectivity index (χ0) is 58.7. The van der Waals surface area contributed by atoms with Gasteiger partial charge >= 0.3 is 0 Å². The summed E-state index contributed by atoms with van der Waals surface area (Å²) in [7, 11) is 0. The lowest BCUT2D eigenvalue weighted by atomic mass is 10.0. The molecule has 0 amide bonds. The molecular weight excluding hydrogens is 1100 g/mol. The van der Waals surface area contributed by atoms with E-state index in [0.29, 0.717) is 0 Å². The first-order valence-corrected chi connectivity index (χ1v) is 30.7. The largest absolute Gasteiger partial charge is 0.309 e. The Hall–Kier alpha value is -12.3. The maximum Gasteiger partial charge on any atom is 0.0724 e. The van der Waals surface area contributed by atoms with Crippen LogP contribution in [0.25, 0.3) is 176 Å². The molecule has 0 aliphatic rings. The van der Waals surface area contributed by atoms with Crippen molar-refractivity contribution in [1.82, 2.24) is 37.4 Å². The smallest absolute Gasteiger partial charge is 0.0724 e. The molecule has 8 nitrogen and oxygen atoms in total. The number of pyridine rings is 2. The molecule has 0 unspecified atom stereocenters. The standard InChI is InChI=1S/C82H50N8/c1-9-25-69-55(17-1)56-18-2-10-26-70(56)85(69)51-33-37-77-65(45-51)66-46-52(86-71-27-11-3-19-57(71)58-20-4-12-28-72(58)86)34-38-78(66)89(77)81-49-83-43-41-63(81)64-42-44-84-50-82(64)90-79-39-35-53(87-73-29-13-5-21-59(73)60-22-6-14-30-74(60)87)47-67(79)68-48-54(36-40-80(68)90)88-75-31-15-7-23-61(75)62-24-8-16-32-76(62)88/h1-50H. The lowest BCUT2D eigenvalue weighted by molar-refractivity contribution is 1.11. The van der Waals surface area contributed by atoms with Gasteiger partial charge < -0.3 is 27.4 Å². The second kappa shape index (κ2) is 18.6. The molecule has 8 heterocycles. The van der Waals surface area contributed by atoms with E-state index in [2.05, 4.69) is 306 Å². The van der Waals surface area contributed by atoms with Crippen LogP contribution in [0.2, 0.25) is 0 Å². The van der Waals surface area contributed by atoms with Crippen LogP contribution in [0, 0.1) is 0 Å². The van der Waals surface area contributed by atoms with E-state index in [0.717, 1.165) is 88.9 Å². The lowest BCUT2D eigenvalue weighted by Gasteiger charge is -2.18. The fraction of sp³-hybridized carbons (Fsp3) is 0. The molecule has 8 aromatic heterocycles. The molecular formula is C82H50N8. The van der Waals surface area contributed by atoms with Gasteiger partial charge in [-0.05, 0) is 133 Å². The van der Waals surface area contributed by atoms with Crippen LogP contribution in [0.4, 0.5) is 0 Å². The van der Waals surface area contributed by atoms with Crippen molar-refractivity contribution in [2.75, 3.05) is 0 Å². The predicted octanol–water partition coefficient (Wildman–Crippen LogP) is 20.7. The second-order valence-electron chi connectivity index (χ2n) is 23.7. The zero-order valence-corrected chi connectivity index (χ0v) is 48.4. The average Bonchev–Trinajstić information content (AvgIpc) is 1.79. The van der Waals surface area contributed by atoms with Crippen molar-refractivity contribution in [2.45, 2.75) is 0 Å². The molecule has 0 spiro atoms. The van der Waals surface area contributed by atoms with Crippen LogP contribution in [0.5, 0.6) is 0 Å².